The Hall–Kier alpha value is -1.30. The van der Waals surface area contributed by atoms with Gasteiger partial charge in [0.05, 0.1) is 6.10 Å². The van der Waals surface area contributed by atoms with Crippen molar-refractivity contribution in [3.05, 3.63) is 0 Å². The molecule has 2 unspecified atom stereocenters. The third kappa shape index (κ3) is 1.84. The summed E-state index contributed by atoms with van der Waals surface area (Å²) < 4.78 is 5.65. The van der Waals surface area contributed by atoms with Crippen LogP contribution in [0.2, 0.25) is 0 Å². The Balaban J connectivity index is 1.94. The molecule has 1 aromatic rings. The molecule has 1 heterocycles. The zero-order valence-electron chi connectivity index (χ0n) is 9.95. The topological polar surface area (TPSA) is 88.8 Å². The van der Waals surface area contributed by atoms with Crippen LogP contribution in [0.1, 0.15) is 27.2 Å². The van der Waals surface area contributed by atoms with E-state index in [0.717, 1.165) is 13.0 Å². The number of H-pyrrole nitrogens is 1. The van der Waals surface area contributed by atoms with Crippen molar-refractivity contribution < 1.29 is 4.74 Å². The monoisotopic (exact) mass is 225 g/mol. The molecule has 0 aliphatic heterocycles. The number of nitrogens with zero attached hydrogens (tertiary/aromatic N) is 2. The van der Waals surface area contributed by atoms with E-state index in [1.807, 2.05) is 6.92 Å². The molecule has 6 nitrogen and oxygen atoms in total. The number of rotatable bonds is 4. The van der Waals surface area contributed by atoms with E-state index >= 15 is 0 Å². The van der Waals surface area contributed by atoms with Crippen LogP contribution < -0.4 is 11.1 Å². The fraction of sp³-hybridized carbons (Fsp3) is 0.800. The zero-order valence-corrected chi connectivity index (χ0v) is 9.95. The zero-order chi connectivity index (χ0) is 11.8. The summed E-state index contributed by atoms with van der Waals surface area (Å²) in [5.74, 6) is 0.895. The molecular weight excluding hydrogens is 206 g/mol. The van der Waals surface area contributed by atoms with Crippen LogP contribution in [0.25, 0.3) is 0 Å². The summed E-state index contributed by atoms with van der Waals surface area (Å²) in [7, 11) is 0. The second kappa shape index (κ2) is 3.93. The van der Waals surface area contributed by atoms with Crippen LogP contribution in [0.4, 0.5) is 11.9 Å². The lowest BCUT2D eigenvalue weighted by molar-refractivity contribution is -0.0977. The van der Waals surface area contributed by atoms with E-state index in [9.17, 15) is 0 Å². The van der Waals surface area contributed by atoms with E-state index in [-0.39, 0.29) is 5.41 Å². The van der Waals surface area contributed by atoms with Gasteiger partial charge in [0.25, 0.3) is 0 Å². The van der Waals surface area contributed by atoms with Gasteiger partial charge in [-0.3, -0.25) is 0 Å². The van der Waals surface area contributed by atoms with Crippen molar-refractivity contribution >= 4 is 11.9 Å². The third-order valence-electron chi connectivity index (χ3n) is 3.35. The van der Waals surface area contributed by atoms with Crippen molar-refractivity contribution in [1.29, 1.82) is 0 Å². The van der Waals surface area contributed by atoms with Gasteiger partial charge >= 0.3 is 0 Å². The molecule has 2 atom stereocenters. The number of nitrogen functional groups attached to an aromatic ring is 1. The van der Waals surface area contributed by atoms with E-state index in [2.05, 4.69) is 34.3 Å². The fourth-order valence-electron chi connectivity index (χ4n) is 2.11. The van der Waals surface area contributed by atoms with Crippen LogP contribution in [-0.2, 0) is 4.74 Å². The predicted octanol–water partition coefficient (Wildman–Crippen LogP) is 1.00. The van der Waals surface area contributed by atoms with Crippen LogP contribution in [-0.4, -0.2) is 33.9 Å². The smallest absolute Gasteiger partial charge is 0.243 e. The molecule has 2 rings (SSSR count). The van der Waals surface area contributed by atoms with Crippen LogP contribution in [0, 0.1) is 5.41 Å². The van der Waals surface area contributed by atoms with Gasteiger partial charge in [-0.1, -0.05) is 13.8 Å². The first kappa shape index (κ1) is 11.2. The highest BCUT2D eigenvalue weighted by atomic mass is 16.5. The number of aromatic nitrogens is 3. The van der Waals surface area contributed by atoms with Gasteiger partial charge < -0.3 is 15.8 Å². The highest BCUT2D eigenvalue weighted by Crippen LogP contribution is 2.43. The fourth-order valence-corrected chi connectivity index (χ4v) is 2.11. The van der Waals surface area contributed by atoms with Crippen molar-refractivity contribution in [2.24, 2.45) is 5.41 Å². The highest BCUT2D eigenvalue weighted by molar-refractivity contribution is 5.33. The van der Waals surface area contributed by atoms with Gasteiger partial charge in [0, 0.05) is 18.1 Å². The number of nitrogens with two attached hydrogens (primary N) is 1. The number of anilines is 2. The first-order valence-electron chi connectivity index (χ1n) is 5.60. The van der Waals surface area contributed by atoms with Crippen LogP contribution in [0.5, 0.6) is 0 Å². The van der Waals surface area contributed by atoms with Crippen molar-refractivity contribution in [2.75, 3.05) is 17.7 Å². The van der Waals surface area contributed by atoms with Crippen LogP contribution in [0.15, 0.2) is 0 Å². The molecule has 0 saturated heterocycles. The van der Waals surface area contributed by atoms with E-state index in [4.69, 9.17) is 10.5 Å². The average Bonchev–Trinajstić information content (AvgIpc) is 2.63. The molecule has 0 aromatic carbocycles. The van der Waals surface area contributed by atoms with E-state index < -0.39 is 0 Å². The molecule has 0 bridgehead atoms. The second-order valence-electron chi connectivity index (χ2n) is 4.74. The Labute approximate surface area is 95.0 Å². The maximum atomic E-state index is 5.65. The molecule has 16 heavy (non-hydrogen) atoms. The van der Waals surface area contributed by atoms with Gasteiger partial charge in [0.2, 0.25) is 11.9 Å². The summed E-state index contributed by atoms with van der Waals surface area (Å²) in [5, 5.41) is 9.83. The largest absolute Gasteiger partial charge is 0.378 e. The molecule has 1 aromatic heterocycles. The van der Waals surface area contributed by atoms with Gasteiger partial charge in [-0.15, -0.1) is 5.10 Å². The third-order valence-corrected chi connectivity index (χ3v) is 3.35. The molecule has 1 aliphatic rings. The minimum absolute atomic E-state index is 0.103. The van der Waals surface area contributed by atoms with Crippen LogP contribution in [0.3, 0.4) is 0 Å². The lowest BCUT2D eigenvalue weighted by atomic mass is 9.64. The Morgan fingerprint density at radius 1 is 1.62 bits per heavy atom. The Kier molecular flexibility index (Phi) is 2.75. The van der Waals surface area contributed by atoms with Gasteiger partial charge in [-0.2, -0.15) is 4.98 Å². The SMILES string of the molecule is CCOC1CC(Nc2n[nH]c(N)n2)C1(C)C. The van der Waals surface area contributed by atoms with Gasteiger partial charge in [-0.25, -0.2) is 5.10 Å². The van der Waals surface area contributed by atoms with E-state index in [1.165, 1.54) is 0 Å². The normalized spacial score (nSPS) is 27.4. The number of hydrogen-bond acceptors (Lipinski definition) is 5. The molecule has 0 radical (unpaired) electrons. The van der Waals surface area contributed by atoms with E-state index in [1.54, 1.807) is 0 Å². The first-order valence-corrected chi connectivity index (χ1v) is 5.60. The number of ether oxygens (including phenoxy) is 1. The molecular formula is C10H19N5O. The predicted molar refractivity (Wildman–Crippen MR) is 62.0 cm³/mol. The van der Waals surface area contributed by atoms with Crippen molar-refractivity contribution in [2.45, 2.75) is 39.3 Å². The lowest BCUT2D eigenvalue weighted by Crippen LogP contribution is -2.58. The summed E-state index contributed by atoms with van der Waals surface area (Å²) in [5.41, 5.74) is 5.57. The molecule has 1 saturated carbocycles. The highest BCUT2D eigenvalue weighted by Gasteiger charge is 2.49. The van der Waals surface area contributed by atoms with Gasteiger partial charge in [0.15, 0.2) is 0 Å². The minimum atomic E-state index is 0.103. The molecule has 6 heteroatoms. The van der Waals surface area contributed by atoms with Crippen molar-refractivity contribution in [3.63, 3.8) is 0 Å². The molecule has 90 valence electrons. The van der Waals surface area contributed by atoms with Crippen LogP contribution >= 0.6 is 0 Å². The minimum Gasteiger partial charge on any atom is -0.378 e. The summed E-state index contributed by atoms with van der Waals surface area (Å²) in [4.78, 5) is 4.03. The number of hydrogen-bond donors (Lipinski definition) is 3. The average molecular weight is 225 g/mol. The van der Waals surface area contributed by atoms with Gasteiger partial charge in [-0.05, 0) is 13.3 Å². The molecule has 1 fully saturated rings. The van der Waals surface area contributed by atoms with Crippen molar-refractivity contribution in [1.82, 2.24) is 15.2 Å². The summed E-state index contributed by atoms with van der Waals surface area (Å²) in [6, 6.07) is 0.333. The second-order valence-corrected chi connectivity index (χ2v) is 4.74. The number of aromatic amines is 1. The summed E-state index contributed by atoms with van der Waals surface area (Å²) in [6.45, 7) is 7.15. The summed E-state index contributed by atoms with van der Waals surface area (Å²) >= 11 is 0. The maximum absolute atomic E-state index is 5.65. The van der Waals surface area contributed by atoms with E-state index in [0.29, 0.717) is 24.0 Å². The Bertz CT molecular complexity index is 362. The molecule has 4 N–H and O–H groups in total. The molecule has 0 spiro atoms. The molecule has 0 amide bonds. The Morgan fingerprint density at radius 2 is 2.38 bits per heavy atom. The van der Waals surface area contributed by atoms with Crippen molar-refractivity contribution in [3.8, 4) is 0 Å². The summed E-state index contributed by atoms with van der Waals surface area (Å²) in [6.07, 6.45) is 1.29. The number of nitrogens with one attached hydrogen (secondary N) is 2. The molecule has 1 aliphatic carbocycles. The Morgan fingerprint density at radius 3 is 2.88 bits per heavy atom. The first-order chi connectivity index (χ1) is 7.54. The van der Waals surface area contributed by atoms with Gasteiger partial charge in [0.1, 0.15) is 0 Å². The quantitative estimate of drug-likeness (QED) is 0.711. The maximum Gasteiger partial charge on any atom is 0.243 e. The lowest BCUT2D eigenvalue weighted by Gasteiger charge is -2.51. The standard InChI is InChI=1S/C10H19N5O/c1-4-16-7-5-6(10(7,2)3)12-9-13-8(11)14-15-9/h6-7H,4-5H2,1-3H3,(H4,11,12,13,14,15).